The number of carbonyl (C=O) groups is 4. The fraction of sp³-hybridized carbons (Fsp3) is 0.579. The van der Waals surface area contributed by atoms with Gasteiger partial charge in [-0.1, -0.05) is 294 Å². The minimum absolute atomic E-state index is 0.0519. The van der Waals surface area contributed by atoms with Crippen LogP contribution in [0.3, 0.4) is 0 Å². The Balaban J connectivity index is 0.000000474. The lowest BCUT2D eigenvalue weighted by molar-refractivity contribution is -0.142. The lowest BCUT2D eigenvalue weighted by Crippen LogP contribution is -2.48. The van der Waals surface area contributed by atoms with Crippen molar-refractivity contribution in [1.82, 2.24) is 0 Å². The molecule has 772 valence electrons. The van der Waals surface area contributed by atoms with E-state index >= 15 is 0 Å². The molecule has 30 atom stereocenters. The number of rotatable bonds is 44. The van der Waals surface area contributed by atoms with E-state index in [0.717, 1.165) is 60.8 Å². The molecule has 18 N–H and O–H groups in total. The van der Waals surface area contributed by atoms with Gasteiger partial charge < -0.3 is 103 Å². The predicted octanol–water partition coefficient (Wildman–Crippen LogP) is 17.3. The Morgan fingerprint density at radius 1 is 0.384 bits per heavy atom. The van der Waals surface area contributed by atoms with Crippen LogP contribution in [0.1, 0.15) is 228 Å². The van der Waals surface area contributed by atoms with Crippen molar-refractivity contribution >= 4 is 23.9 Å². The third-order valence-corrected chi connectivity index (χ3v) is 25.1. The molecule has 6 rings (SSSR count). The molecule has 6 aliphatic rings. The number of aliphatic hydroxyl groups excluding tert-OH is 6. The van der Waals surface area contributed by atoms with Gasteiger partial charge in [-0.25, -0.2) is 9.59 Å². The summed E-state index contributed by atoms with van der Waals surface area (Å²) in [6.45, 7) is 41.0. The molecule has 6 aliphatic heterocycles. The molecular formula is C114H178N6O18. The van der Waals surface area contributed by atoms with Crippen LogP contribution < -0.4 is 34.4 Å². The van der Waals surface area contributed by atoms with Crippen LogP contribution >= 0.6 is 0 Å². The van der Waals surface area contributed by atoms with Crippen molar-refractivity contribution < 1.29 is 87.7 Å². The van der Waals surface area contributed by atoms with E-state index in [-0.39, 0.29) is 146 Å². The topological polar surface area (TPSA) is 420 Å². The fourth-order valence-electron chi connectivity index (χ4n) is 17.2. The molecule has 138 heavy (non-hydrogen) atoms. The zero-order valence-electron chi connectivity index (χ0n) is 87.1. The summed E-state index contributed by atoms with van der Waals surface area (Å²) >= 11 is 0. The normalized spacial score (nSPS) is 29.4. The zero-order chi connectivity index (χ0) is 103. The highest BCUT2D eigenvalue weighted by Crippen LogP contribution is 2.34. The van der Waals surface area contributed by atoms with E-state index < -0.39 is 48.7 Å². The van der Waals surface area contributed by atoms with E-state index in [1.165, 1.54) is 48.7 Å². The number of allylic oxidation sites excluding steroid dienone is 28. The molecule has 6 heterocycles. The summed E-state index contributed by atoms with van der Waals surface area (Å²) < 4.78 is 44.2. The van der Waals surface area contributed by atoms with Gasteiger partial charge in [0.2, 0.25) is 0 Å². The molecule has 24 nitrogen and oxygen atoms in total. The number of nitrogens with two attached hydrogens (primary N) is 6. The number of carbonyl (C=O) groups excluding carboxylic acids is 4. The summed E-state index contributed by atoms with van der Waals surface area (Å²) in [6.07, 6.45) is 73.5. The molecule has 0 bridgehead atoms. The molecular weight excluding hydrogens is 1740 g/mol. The minimum Gasteiger partial charge on any atom is -0.469 e. The highest BCUT2D eigenvalue weighted by molar-refractivity contribution is 5.83. The van der Waals surface area contributed by atoms with E-state index in [4.69, 9.17) is 62.8 Å². The predicted molar refractivity (Wildman–Crippen MR) is 561 cm³/mol. The Morgan fingerprint density at radius 2 is 0.623 bits per heavy atom. The van der Waals surface area contributed by atoms with Gasteiger partial charge in [0.1, 0.15) is 12.2 Å². The molecule has 0 radical (unpaired) electrons. The van der Waals surface area contributed by atoms with Crippen molar-refractivity contribution in [3.63, 3.8) is 0 Å². The monoisotopic (exact) mass is 1920 g/mol. The Bertz CT molecular complexity index is 4080. The van der Waals surface area contributed by atoms with Gasteiger partial charge in [-0.3, -0.25) is 9.59 Å². The van der Waals surface area contributed by atoms with Crippen LogP contribution in [0, 0.1) is 47.3 Å². The second-order valence-corrected chi connectivity index (χ2v) is 38.9. The SMILES string of the molecule is C/C=C/[C@@H]1O[C@H]([C@@H](N)/C=C/C=C(\C)C[C@@H](C)/C=C(C)\C=C\[C@H](O)CC(N)CC(=O)OC)C[C@@H](O)[C@@H]1C.C/C=C/[C@@H]1O[C@H]([C@@H](N)/C=C/C=C(\C)C[C@@H](C)/C=C(C)\C=C\[C@H]2CC=CC(=O)O2)C[C@@H](O)[C@@H]1C.C/C=C/[C@@H]1O[C@H]([C@H](N)/C=C/C=C(\C)C[C@@H](C)/C=C(C)\C=C\[C@H](O)CC(N)CC(=O)OC)C[C@@H](O)[C@@H]1C.C/C=C/[C@@H]1O[C@H]([C@H](N)/C=C/C=C(\C)C[C@@H](C)/C=C(C)\C=C\[C@H]2CC=CC(=O)O2)C[C@@H](O)[C@@H]1C. The highest BCUT2D eigenvalue weighted by atomic mass is 16.6. The number of hydrogen-bond acceptors (Lipinski definition) is 24. The largest absolute Gasteiger partial charge is 0.469 e. The molecule has 24 heteroatoms. The molecule has 0 saturated carbocycles. The Hall–Kier alpha value is -8.48. The van der Waals surface area contributed by atoms with Gasteiger partial charge in [0, 0.05) is 111 Å². The first-order valence-corrected chi connectivity index (χ1v) is 49.8. The highest BCUT2D eigenvalue weighted by Gasteiger charge is 2.40. The van der Waals surface area contributed by atoms with Crippen molar-refractivity contribution in [2.24, 2.45) is 81.7 Å². The maximum atomic E-state index is 11.3. The number of esters is 4. The number of hydrogen-bond donors (Lipinski definition) is 12. The van der Waals surface area contributed by atoms with Gasteiger partial charge in [-0.05, 0) is 157 Å². The minimum atomic E-state index is -0.718. The third kappa shape index (κ3) is 51.3. The summed E-state index contributed by atoms with van der Waals surface area (Å²) in [7, 11) is 2.64. The standard InChI is InChI=1S/2C29H48N2O5.2C28H41NO4/c2*1-7-9-27-22(5)26(33)18-28(36-27)25(31)11-8-10-19(2)14-21(4)15-20(3)12-13-24(32)16-23(30)17-29(34)35-6;2*1-6-9-26-22(5)25(30)18-27(33-26)24(29)12-7-10-19(2)16-21(4)17-20(3)14-15-23-11-8-13-28(31)32-23/h2*7-13,15,21-28,32-33H,14,16-18,30-31H2,1-6H3;2*6-10,12-15,17,21-27,30H,11,16,18,29H2,1-5H3/b2*9-7+,11-8+,13-12+,19-10+,20-15-;2*9-6+,12-7+,15-14+,19-10+,20-17-/t21-,22+,23?,24+,25+,26-,27+,28+;21-,22+,23?,24+,25-,26-,27+,28+;21-,22+,23-,24+,25-,26+,27+;21-,22+,23-,24-,25-,26+,27+/m1111/s1. The molecule has 0 aromatic heterocycles. The van der Waals surface area contributed by atoms with Crippen LogP contribution in [0.2, 0.25) is 0 Å². The van der Waals surface area contributed by atoms with E-state index in [1.54, 1.807) is 12.2 Å². The summed E-state index contributed by atoms with van der Waals surface area (Å²) in [6, 6.07) is -2.00. The van der Waals surface area contributed by atoms with Crippen LogP contribution in [0.5, 0.6) is 0 Å². The average molecular weight is 1920 g/mol. The fourth-order valence-corrected chi connectivity index (χ4v) is 17.2. The summed E-state index contributed by atoms with van der Waals surface area (Å²) in [5.41, 5.74) is 46.5. The first-order valence-electron chi connectivity index (χ1n) is 49.8. The maximum absolute atomic E-state index is 11.3. The average Bonchev–Trinajstić information content (AvgIpc) is 0.843. The Morgan fingerprint density at radius 3 is 0.848 bits per heavy atom. The molecule has 0 aromatic carbocycles. The van der Waals surface area contributed by atoms with Crippen molar-refractivity contribution in [1.29, 1.82) is 0 Å². The Kier molecular flexibility index (Phi) is 60.8. The molecule has 0 aromatic rings. The van der Waals surface area contributed by atoms with Gasteiger partial charge in [0.25, 0.3) is 0 Å². The van der Waals surface area contributed by atoms with Crippen molar-refractivity contribution in [2.45, 2.75) is 362 Å². The first kappa shape index (κ1) is 124. The van der Waals surface area contributed by atoms with Gasteiger partial charge in [-0.2, -0.15) is 0 Å². The van der Waals surface area contributed by atoms with Gasteiger partial charge in [-0.15, -0.1) is 0 Å². The number of methoxy groups -OCH3 is 2. The second kappa shape index (κ2) is 67.8. The smallest absolute Gasteiger partial charge is 0.331 e. The van der Waals surface area contributed by atoms with Crippen molar-refractivity contribution in [3.8, 4) is 0 Å². The van der Waals surface area contributed by atoms with Crippen LogP contribution in [-0.2, 0) is 57.1 Å². The van der Waals surface area contributed by atoms with Gasteiger partial charge in [0.15, 0.2) is 0 Å². The molecule has 2 unspecified atom stereocenters. The van der Waals surface area contributed by atoms with Crippen LogP contribution in [0.4, 0.5) is 0 Å². The van der Waals surface area contributed by atoms with E-state index in [2.05, 4.69) is 127 Å². The second-order valence-electron chi connectivity index (χ2n) is 38.9. The van der Waals surface area contributed by atoms with Gasteiger partial charge in [0.05, 0.1) is 113 Å². The molecule has 4 fully saturated rings. The quantitative estimate of drug-likeness (QED) is 0.0117. The van der Waals surface area contributed by atoms with Crippen molar-refractivity contribution in [2.75, 3.05) is 14.2 Å². The van der Waals surface area contributed by atoms with Crippen LogP contribution in [0.25, 0.3) is 0 Å². The van der Waals surface area contributed by atoms with Crippen LogP contribution in [0.15, 0.2) is 263 Å². The summed E-state index contributed by atoms with van der Waals surface area (Å²) in [5.74, 6) is 0.302. The van der Waals surface area contributed by atoms with E-state index in [1.807, 2.05) is 215 Å². The summed E-state index contributed by atoms with van der Waals surface area (Å²) in [5, 5.41) is 61.8. The van der Waals surface area contributed by atoms with Gasteiger partial charge >= 0.3 is 23.9 Å². The molecule has 0 amide bonds. The number of aliphatic hydroxyl groups is 6. The Labute approximate surface area is 828 Å². The van der Waals surface area contributed by atoms with Crippen LogP contribution in [-0.4, -0.2) is 203 Å². The van der Waals surface area contributed by atoms with E-state index in [9.17, 15) is 49.8 Å². The maximum Gasteiger partial charge on any atom is 0.331 e. The lowest BCUT2D eigenvalue weighted by Gasteiger charge is -2.38. The third-order valence-electron chi connectivity index (χ3n) is 25.1. The lowest BCUT2D eigenvalue weighted by atomic mass is 9.88. The number of ether oxygens (including phenoxy) is 8. The van der Waals surface area contributed by atoms with E-state index in [0.29, 0.717) is 62.2 Å². The molecule has 4 saturated heterocycles. The number of cyclic esters (lactones) is 2. The first-order chi connectivity index (χ1) is 65.3. The molecule has 0 spiro atoms. The summed E-state index contributed by atoms with van der Waals surface area (Å²) in [4.78, 5) is 45.1. The van der Waals surface area contributed by atoms with Crippen molar-refractivity contribution in [3.05, 3.63) is 263 Å². The molecule has 0 aliphatic carbocycles. The zero-order valence-corrected chi connectivity index (χ0v) is 87.1.